The molecular formula is C26H25N3O3. The van der Waals surface area contributed by atoms with Gasteiger partial charge in [-0.3, -0.25) is 0 Å². The molecule has 1 N–H and O–H groups in total. The first-order valence-electron chi connectivity index (χ1n) is 11.3. The van der Waals surface area contributed by atoms with Crippen LogP contribution in [-0.2, 0) is 10.3 Å². The van der Waals surface area contributed by atoms with Gasteiger partial charge in [-0.25, -0.2) is 14.8 Å². The Morgan fingerprint density at radius 2 is 1.53 bits per heavy atom. The number of aromatic nitrogens is 2. The van der Waals surface area contributed by atoms with Crippen LogP contribution in [0.5, 0.6) is 0 Å². The van der Waals surface area contributed by atoms with Crippen LogP contribution in [0.4, 0.5) is 4.79 Å². The number of carbonyl (C=O) groups excluding carboxylic acids is 1. The molecule has 3 atom stereocenters. The zero-order chi connectivity index (χ0) is 21.7. The first kappa shape index (κ1) is 19.4. The Labute approximate surface area is 186 Å². The van der Waals surface area contributed by atoms with Gasteiger partial charge in [0.1, 0.15) is 12.9 Å². The second-order valence-corrected chi connectivity index (χ2v) is 9.16. The van der Waals surface area contributed by atoms with Gasteiger partial charge in [-0.15, -0.1) is 0 Å². The van der Waals surface area contributed by atoms with Crippen molar-refractivity contribution in [3.05, 3.63) is 83.9 Å². The van der Waals surface area contributed by atoms with Crippen LogP contribution in [0.25, 0.3) is 11.1 Å². The minimum Gasteiger partial charge on any atom is -0.448 e. The number of carbonyl (C=O) groups is 1. The van der Waals surface area contributed by atoms with E-state index in [1.54, 1.807) is 12.4 Å². The van der Waals surface area contributed by atoms with Crippen molar-refractivity contribution in [3.8, 4) is 11.1 Å². The first-order chi connectivity index (χ1) is 15.6. The van der Waals surface area contributed by atoms with Gasteiger partial charge in [-0.1, -0.05) is 48.5 Å². The van der Waals surface area contributed by atoms with Gasteiger partial charge in [-0.2, -0.15) is 0 Å². The van der Waals surface area contributed by atoms with Gasteiger partial charge >= 0.3 is 6.09 Å². The van der Waals surface area contributed by atoms with Crippen molar-refractivity contribution >= 4 is 6.09 Å². The summed E-state index contributed by atoms with van der Waals surface area (Å²) in [4.78, 5) is 23.2. The number of ether oxygens (including phenoxy) is 1. The van der Waals surface area contributed by atoms with E-state index in [4.69, 9.17) is 4.74 Å². The van der Waals surface area contributed by atoms with Crippen LogP contribution in [0.3, 0.4) is 0 Å². The van der Waals surface area contributed by atoms with Gasteiger partial charge in [0.05, 0.1) is 5.60 Å². The van der Waals surface area contributed by atoms with Crippen molar-refractivity contribution in [2.45, 2.75) is 49.3 Å². The van der Waals surface area contributed by atoms with E-state index in [-0.39, 0.29) is 24.1 Å². The number of benzene rings is 2. The number of nitrogens with zero attached hydrogens (tertiary/aromatic N) is 3. The number of hydrogen-bond donors (Lipinski definition) is 1. The average molecular weight is 428 g/mol. The molecule has 6 rings (SSSR count). The molecule has 3 heterocycles. The molecule has 2 aliphatic heterocycles. The van der Waals surface area contributed by atoms with Gasteiger partial charge in [-0.05, 0) is 35.1 Å². The molecule has 2 bridgehead atoms. The quantitative estimate of drug-likeness (QED) is 0.677. The minimum absolute atomic E-state index is 0.0328. The summed E-state index contributed by atoms with van der Waals surface area (Å²) in [7, 11) is 0. The fourth-order valence-corrected chi connectivity index (χ4v) is 5.97. The maximum atomic E-state index is 13.2. The van der Waals surface area contributed by atoms with Crippen molar-refractivity contribution in [3.63, 3.8) is 0 Å². The van der Waals surface area contributed by atoms with Crippen molar-refractivity contribution in [1.29, 1.82) is 0 Å². The number of rotatable bonds is 3. The lowest BCUT2D eigenvalue weighted by Gasteiger charge is -2.43. The summed E-state index contributed by atoms with van der Waals surface area (Å²) in [5.74, 6) is 0.0483. The number of amides is 1. The van der Waals surface area contributed by atoms with Crippen LogP contribution in [0.15, 0.2) is 67.3 Å². The highest BCUT2D eigenvalue weighted by atomic mass is 16.6. The maximum Gasteiger partial charge on any atom is 0.410 e. The summed E-state index contributed by atoms with van der Waals surface area (Å²) in [6.07, 6.45) is 7.28. The summed E-state index contributed by atoms with van der Waals surface area (Å²) in [5, 5.41) is 11.3. The van der Waals surface area contributed by atoms with Crippen molar-refractivity contribution < 1.29 is 14.6 Å². The monoisotopic (exact) mass is 427 g/mol. The average Bonchev–Trinajstić information content (AvgIpc) is 3.30. The molecular weight excluding hydrogens is 402 g/mol. The first-order valence-corrected chi connectivity index (χ1v) is 11.3. The molecule has 2 fully saturated rings. The van der Waals surface area contributed by atoms with Crippen LogP contribution < -0.4 is 0 Å². The summed E-state index contributed by atoms with van der Waals surface area (Å²) < 4.78 is 5.91. The highest BCUT2D eigenvalue weighted by Crippen LogP contribution is 2.47. The second-order valence-electron chi connectivity index (χ2n) is 9.16. The number of hydrogen-bond acceptors (Lipinski definition) is 5. The minimum atomic E-state index is -0.993. The fraction of sp³-hybridized carbons (Fsp3) is 0.346. The predicted octanol–water partition coefficient (Wildman–Crippen LogP) is 4.24. The van der Waals surface area contributed by atoms with Gasteiger partial charge < -0.3 is 14.7 Å². The second kappa shape index (κ2) is 7.41. The molecule has 1 aliphatic carbocycles. The van der Waals surface area contributed by atoms with Gasteiger partial charge in [0.25, 0.3) is 0 Å². The Hall–Kier alpha value is -3.25. The Balaban J connectivity index is 1.19. The molecule has 1 aromatic heterocycles. The van der Waals surface area contributed by atoms with Crippen molar-refractivity contribution in [2.24, 2.45) is 0 Å². The van der Waals surface area contributed by atoms with E-state index in [1.165, 1.54) is 28.6 Å². The summed E-state index contributed by atoms with van der Waals surface area (Å²) in [6.45, 7) is 0.319. The smallest absolute Gasteiger partial charge is 0.410 e. The molecule has 0 spiro atoms. The molecule has 0 saturated carbocycles. The normalized spacial score (nSPS) is 26.0. The molecule has 1 amide bonds. The van der Waals surface area contributed by atoms with Crippen LogP contribution in [-0.4, -0.2) is 44.8 Å². The van der Waals surface area contributed by atoms with E-state index in [0.29, 0.717) is 19.4 Å². The van der Waals surface area contributed by atoms with Gasteiger partial charge in [0, 0.05) is 48.8 Å². The predicted molar refractivity (Wildman–Crippen MR) is 119 cm³/mol. The van der Waals surface area contributed by atoms with Crippen LogP contribution in [0.1, 0.15) is 48.3 Å². The van der Waals surface area contributed by atoms with E-state index in [1.807, 2.05) is 29.2 Å². The van der Waals surface area contributed by atoms with Crippen molar-refractivity contribution in [1.82, 2.24) is 14.9 Å². The van der Waals surface area contributed by atoms with Gasteiger partial charge in [0.2, 0.25) is 0 Å². The molecule has 3 aliphatic rings. The lowest BCUT2D eigenvalue weighted by molar-refractivity contribution is -0.0535. The highest BCUT2D eigenvalue weighted by Gasteiger charge is 2.51. The van der Waals surface area contributed by atoms with Crippen LogP contribution in [0.2, 0.25) is 0 Å². The van der Waals surface area contributed by atoms with E-state index in [9.17, 15) is 9.90 Å². The molecule has 3 aromatic rings. The Bertz CT molecular complexity index is 1110. The van der Waals surface area contributed by atoms with Crippen LogP contribution in [0, 0.1) is 0 Å². The highest BCUT2D eigenvalue weighted by molar-refractivity contribution is 5.79. The number of piperidine rings is 1. The SMILES string of the molecule is O=C(OCC1c2ccccc2-c2ccccc21)N1[C@@H]2CC[C@H]1CC(O)(c1cncnc1)C2. The Kier molecular flexibility index (Phi) is 4.50. The summed E-state index contributed by atoms with van der Waals surface area (Å²) >= 11 is 0. The third-order valence-corrected chi connectivity index (χ3v) is 7.41. The fourth-order valence-electron chi connectivity index (χ4n) is 5.97. The topological polar surface area (TPSA) is 75.5 Å². The summed E-state index contributed by atoms with van der Waals surface area (Å²) in [5.41, 5.74) is 4.59. The standard InChI is InChI=1S/C26H25N3O3/c30-25(29-18-9-10-19(29)12-26(31,11-18)17-13-27-16-28-14-17)32-15-24-22-7-3-1-5-20(22)21-6-2-4-8-23(21)24/h1-8,13-14,16,18-19,24,31H,9-12,15H2/t18-,19+,26?. The van der Waals surface area contributed by atoms with Crippen LogP contribution >= 0.6 is 0 Å². The molecule has 162 valence electrons. The number of aliphatic hydroxyl groups is 1. The molecule has 32 heavy (non-hydrogen) atoms. The lowest BCUT2D eigenvalue weighted by atomic mass is 9.82. The third-order valence-electron chi connectivity index (χ3n) is 7.41. The van der Waals surface area contributed by atoms with E-state index in [0.717, 1.165) is 18.4 Å². The molecule has 2 saturated heterocycles. The van der Waals surface area contributed by atoms with E-state index < -0.39 is 5.60 Å². The Morgan fingerprint density at radius 1 is 0.969 bits per heavy atom. The largest absolute Gasteiger partial charge is 0.448 e. The molecule has 6 heteroatoms. The summed E-state index contributed by atoms with van der Waals surface area (Å²) in [6, 6.07) is 16.6. The molecule has 2 aromatic carbocycles. The zero-order valence-corrected chi connectivity index (χ0v) is 17.7. The Morgan fingerprint density at radius 3 is 2.12 bits per heavy atom. The molecule has 0 radical (unpaired) electrons. The van der Waals surface area contributed by atoms with E-state index >= 15 is 0 Å². The van der Waals surface area contributed by atoms with Crippen molar-refractivity contribution in [2.75, 3.05) is 6.61 Å². The van der Waals surface area contributed by atoms with Gasteiger partial charge in [0.15, 0.2) is 0 Å². The number of fused-ring (bicyclic) bond motifs is 5. The van der Waals surface area contributed by atoms with E-state index in [2.05, 4.69) is 34.2 Å². The lowest BCUT2D eigenvalue weighted by Crippen LogP contribution is -2.52. The molecule has 6 nitrogen and oxygen atoms in total. The zero-order valence-electron chi connectivity index (χ0n) is 17.7. The third kappa shape index (κ3) is 3.01. The maximum absolute atomic E-state index is 13.2. The molecule has 1 unspecified atom stereocenters.